The summed E-state index contributed by atoms with van der Waals surface area (Å²) in [6, 6.07) is 0. The molecule has 8 nitrogen and oxygen atoms in total. The number of halogens is 1. The van der Waals surface area contributed by atoms with Crippen LogP contribution in [0.4, 0.5) is 5.95 Å². The lowest BCUT2D eigenvalue weighted by Gasteiger charge is -2.20. The van der Waals surface area contributed by atoms with E-state index in [-0.39, 0.29) is 23.7 Å². The predicted octanol–water partition coefficient (Wildman–Crippen LogP) is -4.82. The van der Waals surface area contributed by atoms with Crippen molar-refractivity contribution in [2.45, 2.75) is 20.4 Å². The van der Waals surface area contributed by atoms with Gasteiger partial charge in [0.15, 0.2) is 11.2 Å². The van der Waals surface area contributed by atoms with E-state index in [0.29, 0.717) is 11.2 Å². The van der Waals surface area contributed by atoms with Crippen molar-refractivity contribution < 1.29 is 17.3 Å². The molecule has 1 aliphatic rings. The number of rotatable bonds is 5. The zero-order chi connectivity index (χ0) is 16.7. The molecule has 0 amide bonds. The van der Waals surface area contributed by atoms with Gasteiger partial charge in [0.2, 0.25) is 5.95 Å². The Morgan fingerprint density at radius 2 is 1.75 bits per heavy atom. The molecule has 0 aliphatic carbocycles. The Kier molecular flexibility index (Phi) is 5.39. The molecular weight excluding hydrogens is 332 g/mol. The summed E-state index contributed by atoms with van der Waals surface area (Å²) < 4.78 is 4.56. The van der Waals surface area contributed by atoms with Crippen LogP contribution in [0, 0.1) is 0 Å². The molecule has 1 aliphatic heterocycles. The first-order valence-electron chi connectivity index (χ1n) is 8.24. The van der Waals surface area contributed by atoms with Gasteiger partial charge in [-0.2, -0.15) is 4.98 Å². The Hall–Kier alpha value is -1.80. The van der Waals surface area contributed by atoms with Crippen molar-refractivity contribution in [3.05, 3.63) is 20.8 Å². The van der Waals surface area contributed by atoms with Gasteiger partial charge in [-0.15, -0.1) is 0 Å². The van der Waals surface area contributed by atoms with E-state index in [1.807, 2.05) is 4.57 Å². The van der Waals surface area contributed by atoms with Gasteiger partial charge < -0.3 is 26.8 Å². The van der Waals surface area contributed by atoms with Crippen molar-refractivity contribution in [3.8, 4) is 0 Å². The first kappa shape index (κ1) is 18.5. The van der Waals surface area contributed by atoms with Gasteiger partial charge in [0.25, 0.3) is 5.56 Å². The second-order valence-electron chi connectivity index (χ2n) is 6.14. The van der Waals surface area contributed by atoms with Gasteiger partial charge >= 0.3 is 5.69 Å². The highest BCUT2D eigenvalue weighted by molar-refractivity contribution is 5.75. The minimum Gasteiger partial charge on any atom is -1.00 e. The van der Waals surface area contributed by atoms with Crippen LogP contribution in [-0.4, -0.2) is 51.4 Å². The summed E-state index contributed by atoms with van der Waals surface area (Å²) in [6.45, 7) is 10.2. The number of aromatic nitrogens is 4. The summed E-state index contributed by atoms with van der Waals surface area (Å²) in [5.41, 5.74) is 0.409. The molecule has 0 aromatic carbocycles. The molecule has 0 unspecified atom stereocenters. The lowest BCUT2D eigenvalue weighted by molar-refractivity contribution is -0.894. The Labute approximate surface area is 146 Å². The van der Waals surface area contributed by atoms with Crippen molar-refractivity contribution in [1.29, 1.82) is 0 Å². The number of likely N-dealkylation sites (N-methyl/N-ethyl adjacent to an activating group) is 1. The molecule has 24 heavy (non-hydrogen) atoms. The number of nitrogens with one attached hydrogen (secondary N) is 1. The van der Waals surface area contributed by atoms with Crippen LogP contribution in [0.3, 0.4) is 0 Å². The molecule has 0 atom stereocenters. The molecule has 3 rings (SSSR count). The smallest absolute Gasteiger partial charge is 0.332 e. The van der Waals surface area contributed by atoms with Gasteiger partial charge in [0.05, 0.1) is 26.2 Å². The van der Waals surface area contributed by atoms with E-state index in [1.165, 1.54) is 11.6 Å². The molecule has 0 radical (unpaired) electrons. The topological polar surface area (TPSA) is 69.5 Å². The van der Waals surface area contributed by atoms with Crippen molar-refractivity contribution in [2.75, 3.05) is 37.6 Å². The van der Waals surface area contributed by atoms with Gasteiger partial charge in [-0.3, -0.25) is 13.9 Å². The number of aryl methyl sites for hydroxylation is 1. The number of anilines is 1. The maximum atomic E-state index is 12.5. The number of hydrogen-bond donors (Lipinski definition) is 1. The van der Waals surface area contributed by atoms with E-state index in [0.717, 1.165) is 49.8 Å². The first-order valence-corrected chi connectivity index (χ1v) is 8.24. The molecule has 3 heterocycles. The summed E-state index contributed by atoms with van der Waals surface area (Å²) in [7, 11) is 3.18. The second kappa shape index (κ2) is 6.98. The third-order valence-corrected chi connectivity index (χ3v) is 4.94. The molecule has 9 heteroatoms. The highest BCUT2D eigenvalue weighted by atomic mass is 35.5. The monoisotopic (exact) mass is 356 g/mol. The maximum Gasteiger partial charge on any atom is 0.332 e. The zero-order valence-electron chi connectivity index (χ0n) is 14.7. The Morgan fingerprint density at radius 1 is 1.08 bits per heavy atom. The molecule has 2 aromatic heterocycles. The van der Waals surface area contributed by atoms with Crippen LogP contribution in [0.25, 0.3) is 11.2 Å². The minimum atomic E-state index is -0.335. The van der Waals surface area contributed by atoms with Gasteiger partial charge in [-0.1, -0.05) is 0 Å². The van der Waals surface area contributed by atoms with Crippen LogP contribution >= 0.6 is 0 Å². The van der Waals surface area contributed by atoms with Gasteiger partial charge in [-0.25, -0.2) is 4.79 Å². The van der Waals surface area contributed by atoms with Crippen molar-refractivity contribution >= 4 is 17.1 Å². The summed E-state index contributed by atoms with van der Waals surface area (Å²) in [5, 5.41) is 0. The number of hydrogen-bond acceptors (Lipinski definition) is 4. The minimum absolute atomic E-state index is 0. The van der Waals surface area contributed by atoms with Gasteiger partial charge in [-0.05, 0) is 13.8 Å². The molecule has 2 aromatic rings. The lowest BCUT2D eigenvalue weighted by Crippen LogP contribution is -3.12. The summed E-state index contributed by atoms with van der Waals surface area (Å²) >= 11 is 0. The van der Waals surface area contributed by atoms with Crippen LogP contribution in [0.2, 0.25) is 0 Å². The quantitative estimate of drug-likeness (QED) is 0.584. The molecule has 0 spiro atoms. The largest absolute Gasteiger partial charge is 1.00 e. The van der Waals surface area contributed by atoms with Crippen LogP contribution in [0.5, 0.6) is 0 Å². The Bertz CT molecular complexity index is 848. The number of fused-ring (bicyclic) bond motifs is 3. The third kappa shape index (κ3) is 2.73. The van der Waals surface area contributed by atoms with E-state index < -0.39 is 0 Å². The zero-order valence-corrected chi connectivity index (χ0v) is 15.4. The summed E-state index contributed by atoms with van der Waals surface area (Å²) in [6.07, 6.45) is 0. The SMILES string of the molecule is CC[NH+](CC)CCN1CCn2c1nc1c2c(=O)n(C)c(=O)n1C.[Cl-]. The van der Waals surface area contributed by atoms with E-state index in [2.05, 4.69) is 23.7 Å². The summed E-state index contributed by atoms with van der Waals surface area (Å²) in [5.74, 6) is 0.810. The molecular formula is C15H25ClN6O2. The fourth-order valence-electron chi connectivity index (χ4n) is 3.32. The van der Waals surface area contributed by atoms with Crippen LogP contribution in [0.15, 0.2) is 9.59 Å². The van der Waals surface area contributed by atoms with Crippen LogP contribution in [-0.2, 0) is 20.6 Å². The van der Waals surface area contributed by atoms with Gasteiger partial charge in [0, 0.05) is 27.2 Å². The molecule has 1 N–H and O–H groups in total. The average molecular weight is 357 g/mol. The Balaban J connectivity index is 0.00000208. The van der Waals surface area contributed by atoms with E-state index in [9.17, 15) is 9.59 Å². The molecule has 0 saturated carbocycles. The third-order valence-electron chi connectivity index (χ3n) is 4.94. The number of nitrogens with zero attached hydrogens (tertiary/aromatic N) is 5. The molecule has 134 valence electrons. The number of quaternary nitrogens is 1. The highest BCUT2D eigenvalue weighted by Crippen LogP contribution is 2.23. The normalized spacial score (nSPS) is 13.6. The maximum absolute atomic E-state index is 12.5. The Morgan fingerprint density at radius 3 is 2.38 bits per heavy atom. The van der Waals surface area contributed by atoms with Gasteiger partial charge in [0.1, 0.15) is 0 Å². The second-order valence-corrected chi connectivity index (χ2v) is 6.14. The van der Waals surface area contributed by atoms with Crippen molar-refractivity contribution in [3.63, 3.8) is 0 Å². The lowest BCUT2D eigenvalue weighted by atomic mass is 10.4. The summed E-state index contributed by atoms with van der Waals surface area (Å²) in [4.78, 5) is 32.9. The number of imidazole rings is 1. The van der Waals surface area contributed by atoms with Crippen molar-refractivity contribution in [2.24, 2.45) is 14.1 Å². The fraction of sp³-hybridized carbons (Fsp3) is 0.667. The predicted molar refractivity (Wildman–Crippen MR) is 89.3 cm³/mol. The highest BCUT2D eigenvalue weighted by Gasteiger charge is 2.27. The molecule has 0 fully saturated rings. The van der Waals surface area contributed by atoms with E-state index in [4.69, 9.17) is 0 Å². The van der Waals surface area contributed by atoms with E-state index in [1.54, 1.807) is 11.9 Å². The standard InChI is InChI=1S/C15H24N6O2.ClH/c1-5-19(6-2)7-8-20-9-10-21-11-12(16-14(20)21)17(3)15(23)18(4)13(11)22;/h5-10H2,1-4H3;1H. The van der Waals surface area contributed by atoms with Crippen molar-refractivity contribution in [1.82, 2.24) is 18.7 Å². The molecule has 0 bridgehead atoms. The van der Waals surface area contributed by atoms with E-state index >= 15 is 0 Å². The fourth-order valence-corrected chi connectivity index (χ4v) is 3.32. The molecule has 0 saturated heterocycles. The van der Waals surface area contributed by atoms with Crippen LogP contribution in [0.1, 0.15) is 13.8 Å². The van der Waals surface area contributed by atoms with Crippen LogP contribution < -0.4 is 33.5 Å². The average Bonchev–Trinajstić information content (AvgIpc) is 3.11. The first-order chi connectivity index (χ1) is 11.0.